The molecule has 1 unspecified atom stereocenters. The van der Waals surface area contributed by atoms with Crippen molar-refractivity contribution in [3.8, 4) is 0 Å². The van der Waals surface area contributed by atoms with E-state index in [9.17, 15) is 8.42 Å². The molecule has 15 heavy (non-hydrogen) atoms. The van der Waals surface area contributed by atoms with Crippen LogP contribution in [0.15, 0.2) is 5.16 Å². The first-order valence-corrected chi connectivity index (χ1v) is 7.02. The van der Waals surface area contributed by atoms with E-state index in [4.69, 9.17) is 10.7 Å². The van der Waals surface area contributed by atoms with Gasteiger partial charge in [-0.3, -0.25) is 0 Å². The fourth-order valence-electron chi connectivity index (χ4n) is 1.53. The molecule has 0 aliphatic heterocycles. The van der Waals surface area contributed by atoms with E-state index in [2.05, 4.69) is 17.1 Å². The van der Waals surface area contributed by atoms with E-state index < -0.39 is 9.05 Å². The third kappa shape index (κ3) is 2.69. The summed E-state index contributed by atoms with van der Waals surface area (Å²) in [5.74, 6) is 0.829. The quantitative estimate of drug-likeness (QED) is 0.764. The second-order valence-electron chi connectivity index (χ2n) is 3.53. The van der Waals surface area contributed by atoms with E-state index in [0.29, 0.717) is 5.82 Å². The van der Waals surface area contributed by atoms with Gasteiger partial charge in [-0.2, -0.15) is 0 Å². The second-order valence-corrected chi connectivity index (χ2v) is 5.99. The normalized spacial score (nSPS) is 14.1. The Morgan fingerprint density at radius 1 is 1.47 bits per heavy atom. The van der Waals surface area contributed by atoms with Gasteiger partial charge < -0.3 is 4.57 Å². The van der Waals surface area contributed by atoms with Crippen LogP contribution in [0, 0.1) is 0 Å². The van der Waals surface area contributed by atoms with Gasteiger partial charge >= 0.3 is 0 Å². The van der Waals surface area contributed by atoms with Crippen molar-refractivity contribution in [1.82, 2.24) is 14.8 Å². The fourth-order valence-corrected chi connectivity index (χ4v) is 2.49. The molecule has 0 radical (unpaired) electrons. The van der Waals surface area contributed by atoms with Gasteiger partial charge in [-0.25, -0.2) is 8.42 Å². The van der Waals surface area contributed by atoms with Crippen LogP contribution in [0.5, 0.6) is 0 Å². The van der Waals surface area contributed by atoms with Crippen molar-refractivity contribution >= 4 is 19.7 Å². The lowest BCUT2D eigenvalue weighted by molar-refractivity contribution is 0.572. The smallest absolute Gasteiger partial charge is 0.296 e. The van der Waals surface area contributed by atoms with Gasteiger partial charge in [-0.05, 0) is 6.42 Å². The molecule has 0 fully saturated rings. The van der Waals surface area contributed by atoms with Crippen molar-refractivity contribution in [2.75, 3.05) is 0 Å². The minimum absolute atomic E-state index is 0.180. The molecule has 0 saturated carbocycles. The van der Waals surface area contributed by atoms with E-state index in [1.807, 2.05) is 6.92 Å². The molecule has 1 aromatic heterocycles. The van der Waals surface area contributed by atoms with Crippen LogP contribution in [0.3, 0.4) is 0 Å². The average molecular weight is 252 g/mol. The van der Waals surface area contributed by atoms with Crippen molar-refractivity contribution in [1.29, 1.82) is 0 Å². The highest BCUT2D eigenvalue weighted by Crippen LogP contribution is 2.21. The van der Waals surface area contributed by atoms with Crippen molar-refractivity contribution in [2.24, 2.45) is 7.05 Å². The molecular weight excluding hydrogens is 238 g/mol. The summed E-state index contributed by atoms with van der Waals surface area (Å²) in [6.45, 7) is 4.05. The Labute approximate surface area is 93.9 Å². The van der Waals surface area contributed by atoms with Crippen LogP contribution < -0.4 is 0 Å². The largest absolute Gasteiger partial charge is 0.304 e. The zero-order chi connectivity index (χ0) is 11.6. The number of nitrogens with zero attached hydrogens (tertiary/aromatic N) is 3. The number of rotatable bonds is 4. The lowest BCUT2D eigenvalue weighted by atomic mass is 10.1. The molecule has 1 aromatic rings. The molecule has 0 amide bonds. The number of hydrogen-bond donors (Lipinski definition) is 0. The molecule has 0 N–H and O–H groups in total. The Hall–Kier alpha value is -0.620. The minimum Gasteiger partial charge on any atom is -0.304 e. The maximum Gasteiger partial charge on any atom is 0.296 e. The van der Waals surface area contributed by atoms with Gasteiger partial charge in [0, 0.05) is 23.6 Å². The maximum atomic E-state index is 11.1. The van der Waals surface area contributed by atoms with Gasteiger partial charge in [0.2, 0.25) is 0 Å². The van der Waals surface area contributed by atoms with E-state index >= 15 is 0 Å². The molecule has 1 atom stereocenters. The first-order valence-electron chi connectivity index (χ1n) is 4.71. The predicted octanol–water partition coefficient (Wildman–Crippen LogP) is 1.65. The highest BCUT2D eigenvalue weighted by Gasteiger charge is 2.22. The average Bonchev–Trinajstić information content (AvgIpc) is 2.46. The lowest BCUT2D eigenvalue weighted by Crippen LogP contribution is -2.07. The van der Waals surface area contributed by atoms with Crippen LogP contribution in [-0.4, -0.2) is 23.2 Å². The number of halogens is 1. The zero-order valence-electron chi connectivity index (χ0n) is 8.94. The molecule has 0 aromatic carbocycles. The molecule has 0 bridgehead atoms. The van der Waals surface area contributed by atoms with Gasteiger partial charge in [0.05, 0.1) is 0 Å². The van der Waals surface area contributed by atoms with E-state index in [1.165, 1.54) is 4.57 Å². The SMILES string of the molecule is CCCC(C)c1nnc(S(=O)(=O)Cl)n1C. The van der Waals surface area contributed by atoms with Gasteiger partial charge in [0.1, 0.15) is 5.82 Å². The Balaban J connectivity index is 3.10. The molecule has 7 heteroatoms. The van der Waals surface area contributed by atoms with Crippen LogP contribution in [0.4, 0.5) is 0 Å². The molecule has 1 heterocycles. The molecule has 1 rings (SSSR count). The summed E-state index contributed by atoms with van der Waals surface area (Å²) < 4.78 is 23.6. The fraction of sp³-hybridized carbons (Fsp3) is 0.750. The van der Waals surface area contributed by atoms with Crippen LogP contribution in [0.2, 0.25) is 0 Å². The van der Waals surface area contributed by atoms with Crippen LogP contribution in [0.25, 0.3) is 0 Å². The summed E-state index contributed by atoms with van der Waals surface area (Å²) in [5, 5.41) is 7.24. The van der Waals surface area contributed by atoms with E-state index in [0.717, 1.165) is 12.8 Å². The Bertz CT molecular complexity index is 441. The van der Waals surface area contributed by atoms with E-state index in [1.54, 1.807) is 7.05 Å². The molecule has 0 aliphatic rings. The first kappa shape index (κ1) is 12.4. The Morgan fingerprint density at radius 3 is 2.47 bits per heavy atom. The predicted molar refractivity (Wildman–Crippen MR) is 57.4 cm³/mol. The minimum atomic E-state index is -3.80. The second kappa shape index (κ2) is 4.49. The summed E-state index contributed by atoms with van der Waals surface area (Å²) in [5.41, 5.74) is 0. The van der Waals surface area contributed by atoms with Crippen LogP contribution >= 0.6 is 10.7 Å². The van der Waals surface area contributed by atoms with Crippen molar-refractivity contribution in [3.05, 3.63) is 5.82 Å². The maximum absolute atomic E-state index is 11.1. The van der Waals surface area contributed by atoms with Crippen molar-refractivity contribution in [3.63, 3.8) is 0 Å². The van der Waals surface area contributed by atoms with Gasteiger partial charge in [-0.15, -0.1) is 10.2 Å². The molecule has 86 valence electrons. The molecule has 0 spiro atoms. The Kier molecular flexibility index (Phi) is 3.72. The lowest BCUT2D eigenvalue weighted by Gasteiger charge is -2.08. The van der Waals surface area contributed by atoms with Gasteiger partial charge in [0.25, 0.3) is 14.2 Å². The highest BCUT2D eigenvalue weighted by atomic mass is 35.7. The van der Waals surface area contributed by atoms with Gasteiger partial charge in [-0.1, -0.05) is 20.3 Å². The van der Waals surface area contributed by atoms with E-state index in [-0.39, 0.29) is 11.1 Å². The topological polar surface area (TPSA) is 64.8 Å². The zero-order valence-corrected chi connectivity index (χ0v) is 10.5. The molecule has 0 saturated heterocycles. The Morgan fingerprint density at radius 2 is 2.07 bits per heavy atom. The third-order valence-corrected chi connectivity index (χ3v) is 3.45. The standard InChI is InChI=1S/C8H14ClN3O2S/c1-4-5-6(2)7-10-11-8(12(7)3)15(9,13)14/h6H,4-5H2,1-3H3. The van der Waals surface area contributed by atoms with Crippen molar-refractivity contribution < 1.29 is 8.42 Å². The van der Waals surface area contributed by atoms with Crippen LogP contribution in [-0.2, 0) is 16.1 Å². The summed E-state index contributed by atoms with van der Waals surface area (Å²) in [7, 11) is 3.02. The molecular formula is C8H14ClN3O2S. The third-order valence-electron chi connectivity index (χ3n) is 2.25. The highest BCUT2D eigenvalue weighted by molar-refractivity contribution is 8.13. The summed E-state index contributed by atoms with van der Waals surface area (Å²) in [4.78, 5) is 0. The first-order chi connectivity index (χ1) is 6.88. The summed E-state index contributed by atoms with van der Waals surface area (Å²) in [6.07, 6.45) is 1.95. The summed E-state index contributed by atoms with van der Waals surface area (Å²) in [6, 6.07) is 0. The van der Waals surface area contributed by atoms with Crippen LogP contribution in [0.1, 0.15) is 38.4 Å². The number of hydrogen-bond acceptors (Lipinski definition) is 4. The van der Waals surface area contributed by atoms with Gasteiger partial charge in [0.15, 0.2) is 0 Å². The molecule has 0 aliphatic carbocycles. The summed E-state index contributed by atoms with van der Waals surface area (Å²) >= 11 is 0. The molecule has 5 nitrogen and oxygen atoms in total. The van der Waals surface area contributed by atoms with Crippen molar-refractivity contribution in [2.45, 2.75) is 37.8 Å². The number of aromatic nitrogens is 3. The monoisotopic (exact) mass is 251 g/mol.